The molecule has 0 aliphatic carbocycles. The molecule has 0 fully saturated rings. The highest BCUT2D eigenvalue weighted by Crippen LogP contribution is 2.36. The summed E-state index contributed by atoms with van der Waals surface area (Å²) in [6, 6.07) is 5.56. The summed E-state index contributed by atoms with van der Waals surface area (Å²) >= 11 is 12.0. The van der Waals surface area contributed by atoms with Crippen LogP contribution in [0.5, 0.6) is 0 Å². The highest BCUT2D eigenvalue weighted by Gasteiger charge is 2.36. The van der Waals surface area contributed by atoms with Crippen LogP contribution < -0.4 is 5.73 Å². The molecule has 2 nitrogen and oxygen atoms in total. The zero-order valence-electron chi connectivity index (χ0n) is 11.5. The maximum absolute atomic E-state index is 6.47. The molecule has 0 heterocycles. The van der Waals surface area contributed by atoms with Crippen molar-refractivity contribution in [3.05, 3.63) is 33.8 Å². The van der Waals surface area contributed by atoms with Crippen molar-refractivity contribution in [1.82, 2.24) is 4.90 Å². The Labute approximate surface area is 120 Å². The molecule has 1 rings (SSSR count). The molecule has 1 unspecified atom stereocenters. The Morgan fingerprint density at radius 3 is 2.11 bits per heavy atom. The standard InChI is InChI=1S/C14H22Cl2N2/c1-5-14(6-2,18(3)4)13(17)10-7-8-11(15)12(16)9-10/h7-9,13H,5-6,17H2,1-4H3. The molecule has 1 aromatic carbocycles. The van der Waals surface area contributed by atoms with E-state index in [9.17, 15) is 0 Å². The third kappa shape index (κ3) is 2.83. The molecule has 0 aromatic heterocycles. The Bertz CT molecular complexity index is 401. The van der Waals surface area contributed by atoms with Crippen LogP contribution in [-0.4, -0.2) is 24.5 Å². The Kier molecular flexibility index (Phi) is 5.47. The fraction of sp³-hybridized carbons (Fsp3) is 0.571. The fourth-order valence-corrected chi connectivity index (χ4v) is 2.92. The molecule has 1 atom stereocenters. The fourth-order valence-electron chi connectivity index (χ4n) is 2.62. The summed E-state index contributed by atoms with van der Waals surface area (Å²) in [5.74, 6) is 0. The molecule has 0 bridgehead atoms. The largest absolute Gasteiger partial charge is 0.322 e. The number of likely N-dealkylation sites (N-methyl/N-ethyl adjacent to an activating group) is 1. The van der Waals surface area contributed by atoms with E-state index in [-0.39, 0.29) is 11.6 Å². The maximum atomic E-state index is 6.47. The number of nitrogens with two attached hydrogens (primary N) is 1. The summed E-state index contributed by atoms with van der Waals surface area (Å²) < 4.78 is 0. The Balaban J connectivity index is 3.17. The van der Waals surface area contributed by atoms with Crippen LogP contribution in [0, 0.1) is 0 Å². The van der Waals surface area contributed by atoms with Crippen LogP contribution >= 0.6 is 23.2 Å². The third-order valence-electron chi connectivity index (χ3n) is 4.00. The van der Waals surface area contributed by atoms with Gasteiger partial charge in [-0.15, -0.1) is 0 Å². The highest BCUT2D eigenvalue weighted by atomic mass is 35.5. The molecule has 4 heteroatoms. The predicted molar refractivity (Wildman–Crippen MR) is 80.4 cm³/mol. The maximum Gasteiger partial charge on any atom is 0.0595 e. The van der Waals surface area contributed by atoms with Gasteiger partial charge in [-0.3, -0.25) is 0 Å². The third-order valence-corrected chi connectivity index (χ3v) is 4.74. The first-order chi connectivity index (χ1) is 8.39. The van der Waals surface area contributed by atoms with E-state index in [2.05, 4.69) is 32.8 Å². The van der Waals surface area contributed by atoms with Crippen molar-refractivity contribution in [1.29, 1.82) is 0 Å². The lowest BCUT2D eigenvalue weighted by atomic mass is 9.80. The van der Waals surface area contributed by atoms with Gasteiger partial charge >= 0.3 is 0 Å². The average Bonchev–Trinajstić information content (AvgIpc) is 2.34. The second-order valence-electron chi connectivity index (χ2n) is 4.86. The van der Waals surface area contributed by atoms with E-state index in [1.54, 1.807) is 0 Å². The van der Waals surface area contributed by atoms with Crippen molar-refractivity contribution in [2.75, 3.05) is 14.1 Å². The van der Waals surface area contributed by atoms with Crippen molar-refractivity contribution < 1.29 is 0 Å². The molecular formula is C14H22Cl2N2. The van der Waals surface area contributed by atoms with Crippen molar-refractivity contribution in [3.63, 3.8) is 0 Å². The van der Waals surface area contributed by atoms with Crippen molar-refractivity contribution in [2.24, 2.45) is 5.73 Å². The van der Waals surface area contributed by atoms with Gasteiger partial charge in [0.2, 0.25) is 0 Å². The highest BCUT2D eigenvalue weighted by molar-refractivity contribution is 6.42. The summed E-state index contributed by atoms with van der Waals surface area (Å²) in [6.07, 6.45) is 1.97. The first-order valence-electron chi connectivity index (χ1n) is 6.27. The van der Waals surface area contributed by atoms with E-state index in [0.717, 1.165) is 18.4 Å². The topological polar surface area (TPSA) is 29.3 Å². The zero-order chi connectivity index (χ0) is 13.9. The van der Waals surface area contributed by atoms with Crippen LogP contribution in [0.15, 0.2) is 18.2 Å². The van der Waals surface area contributed by atoms with Crippen molar-refractivity contribution in [2.45, 2.75) is 38.3 Å². The number of halogens is 2. The second-order valence-corrected chi connectivity index (χ2v) is 5.67. The van der Waals surface area contributed by atoms with E-state index in [4.69, 9.17) is 28.9 Å². The van der Waals surface area contributed by atoms with Crippen LogP contribution in [0.1, 0.15) is 38.3 Å². The Morgan fingerprint density at radius 1 is 1.17 bits per heavy atom. The number of hydrogen-bond acceptors (Lipinski definition) is 2. The number of hydrogen-bond donors (Lipinski definition) is 1. The van der Waals surface area contributed by atoms with E-state index < -0.39 is 0 Å². The van der Waals surface area contributed by atoms with Gasteiger partial charge in [0, 0.05) is 11.6 Å². The second kappa shape index (κ2) is 6.25. The number of nitrogens with zero attached hydrogens (tertiary/aromatic N) is 1. The Morgan fingerprint density at radius 2 is 1.72 bits per heavy atom. The van der Waals surface area contributed by atoms with E-state index in [1.165, 1.54) is 0 Å². The smallest absolute Gasteiger partial charge is 0.0595 e. The summed E-state index contributed by atoms with van der Waals surface area (Å²) in [5.41, 5.74) is 7.44. The molecule has 0 aliphatic rings. The molecule has 2 N–H and O–H groups in total. The van der Waals surface area contributed by atoms with Gasteiger partial charge in [0.05, 0.1) is 10.0 Å². The van der Waals surface area contributed by atoms with Gasteiger partial charge in [-0.1, -0.05) is 43.1 Å². The molecule has 18 heavy (non-hydrogen) atoms. The van der Waals surface area contributed by atoms with Crippen molar-refractivity contribution in [3.8, 4) is 0 Å². The van der Waals surface area contributed by atoms with Gasteiger partial charge in [-0.25, -0.2) is 0 Å². The molecule has 0 amide bonds. The van der Waals surface area contributed by atoms with Crippen LogP contribution in [0.3, 0.4) is 0 Å². The van der Waals surface area contributed by atoms with Gasteiger partial charge < -0.3 is 10.6 Å². The predicted octanol–water partition coefficient (Wildman–Crippen LogP) is 4.11. The van der Waals surface area contributed by atoms with Crippen molar-refractivity contribution >= 4 is 23.2 Å². The molecule has 0 radical (unpaired) electrons. The molecule has 0 saturated carbocycles. The molecule has 1 aromatic rings. The van der Waals surface area contributed by atoms with E-state index >= 15 is 0 Å². The van der Waals surface area contributed by atoms with Gasteiger partial charge in [0.25, 0.3) is 0 Å². The SMILES string of the molecule is CCC(CC)(C(N)c1ccc(Cl)c(Cl)c1)N(C)C. The van der Waals surface area contributed by atoms with Gasteiger partial charge in [-0.05, 0) is 44.6 Å². The molecule has 0 saturated heterocycles. The normalized spacial score (nSPS) is 14.0. The lowest BCUT2D eigenvalue weighted by molar-refractivity contribution is 0.106. The summed E-state index contributed by atoms with van der Waals surface area (Å²) in [6.45, 7) is 4.34. The van der Waals surface area contributed by atoms with Gasteiger partial charge in [0.1, 0.15) is 0 Å². The van der Waals surface area contributed by atoms with Crippen LogP contribution in [-0.2, 0) is 0 Å². The quantitative estimate of drug-likeness (QED) is 0.883. The van der Waals surface area contributed by atoms with Crippen LogP contribution in [0.4, 0.5) is 0 Å². The minimum atomic E-state index is -0.0859. The minimum absolute atomic E-state index is 0.0584. The molecule has 102 valence electrons. The van der Waals surface area contributed by atoms with Crippen LogP contribution in [0.25, 0.3) is 0 Å². The monoisotopic (exact) mass is 288 g/mol. The van der Waals surface area contributed by atoms with E-state index in [1.807, 2.05) is 18.2 Å². The molecule has 0 aliphatic heterocycles. The summed E-state index contributed by atoms with van der Waals surface area (Å²) in [4.78, 5) is 2.21. The van der Waals surface area contributed by atoms with Gasteiger partial charge in [0.15, 0.2) is 0 Å². The Hall–Kier alpha value is -0.280. The lowest BCUT2D eigenvalue weighted by Crippen LogP contribution is -2.51. The zero-order valence-corrected chi connectivity index (χ0v) is 13.0. The summed E-state index contributed by atoms with van der Waals surface area (Å²) in [7, 11) is 4.15. The lowest BCUT2D eigenvalue weighted by Gasteiger charge is -2.43. The average molecular weight is 289 g/mol. The first kappa shape index (κ1) is 15.8. The van der Waals surface area contributed by atoms with Gasteiger partial charge in [-0.2, -0.15) is 0 Å². The first-order valence-corrected chi connectivity index (χ1v) is 7.02. The molecule has 0 spiro atoms. The minimum Gasteiger partial charge on any atom is -0.322 e. The van der Waals surface area contributed by atoms with E-state index in [0.29, 0.717) is 10.0 Å². The number of rotatable bonds is 5. The molecular weight excluding hydrogens is 267 g/mol. The number of benzene rings is 1. The van der Waals surface area contributed by atoms with Crippen LogP contribution in [0.2, 0.25) is 10.0 Å². The summed E-state index contributed by atoms with van der Waals surface area (Å²) in [5, 5.41) is 1.13.